The zero-order valence-electron chi connectivity index (χ0n) is 10.7. The van der Waals surface area contributed by atoms with Gasteiger partial charge in [0.2, 0.25) is 10.0 Å². The molecule has 0 bridgehead atoms. The van der Waals surface area contributed by atoms with Crippen LogP contribution in [0.2, 0.25) is 0 Å². The molecule has 7 heteroatoms. The fourth-order valence-electron chi connectivity index (χ4n) is 2.17. The van der Waals surface area contributed by atoms with Gasteiger partial charge in [0, 0.05) is 30.4 Å². The Bertz CT molecular complexity index is 554. The predicted molar refractivity (Wildman–Crippen MR) is 77.3 cm³/mol. The topological polar surface area (TPSA) is 72.6 Å². The molecule has 0 spiro atoms. The summed E-state index contributed by atoms with van der Waals surface area (Å²) >= 11 is 3.26. The van der Waals surface area contributed by atoms with Crippen molar-refractivity contribution in [2.24, 2.45) is 0 Å². The SMILES string of the molecule is COC1CCN(S(=O)(=O)c2ccc(N)cc2Br)CC1. The zero-order valence-corrected chi connectivity index (χ0v) is 13.1. The van der Waals surface area contributed by atoms with Crippen LogP contribution in [0.1, 0.15) is 12.8 Å². The van der Waals surface area contributed by atoms with Gasteiger partial charge in [0.15, 0.2) is 0 Å². The minimum absolute atomic E-state index is 0.154. The molecule has 0 unspecified atom stereocenters. The quantitative estimate of drug-likeness (QED) is 0.845. The number of anilines is 1. The molecule has 2 N–H and O–H groups in total. The average Bonchev–Trinajstić information content (AvgIpc) is 2.38. The first-order valence-corrected chi connectivity index (χ1v) is 8.26. The zero-order chi connectivity index (χ0) is 14.0. The van der Waals surface area contributed by atoms with Crippen molar-refractivity contribution in [1.29, 1.82) is 0 Å². The number of methoxy groups -OCH3 is 1. The lowest BCUT2D eigenvalue weighted by atomic mass is 10.1. The van der Waals surface area contributed by atoms with Crippen LogP contribution in [-0.2, 0) is 14.8 Å². The number of rotatable bonds is 3. The van der Waals surface area contributed by atoms with E-state index in [0.717, 1.165) is 12.8 Å². The summed E-state index contributed by atoms with van der Waals surface area (Å²) in [5, 5.41) is 0. The number of sulfonamides is 1. The Morgan fingerprint density at radius 3 is 2.53 bits per heavy atom. The van der Waals surface area contributed by atoms with Gasteiger partial charge in [-0.05, 0) is 47.0 Å². The van der Waals surface area contributed by atoms with E-state index in [4.69, 9.17) is 10.5 Å². The average molecular weight is 349 g/mol. The van der Waals surface area contributed by atoms with Crippen molar-refractivity contribution in [3.63, 3.8) is 0 Å². The third-order valence-corrected chi connectivity index (χ3v) is 6.18. The number of benzene rings is 1. The molecule has 19 heavy (non-hydrogen) atoms. The molecule has 1 aromatic rings. The Balaban J connectivity index is 2.23. The Labute approximate surface area is 121 Å². The first kappa shape index (κ1) is 14.8. The molecule has 1 heterocycles. The molecule has 0 amide bonds. The number of hydrogen-bond acceptors (Lipinski definition) is 4. The number of piperidine rings is 1. The molecule has 2 rings (SSSR count). The standard InChI is InChI=1S/C12H17BrN2O3S/c1-18-10-4-6-15(7-5-10)19(16,17)12-3-2-9(14)8-11(12)13/h2-3,8,10H,4-7,14H2,1H3. The molecule has 1 aromatic carbocycles. The number of nitrogens with two attached hydrogens (primary N) is 1. The summed E-state index contributed by atoms with van der Waals surface area (Å²) in [7, 11) is -1.81. The van der Waals surface area contributed by atoms with Gasteiger partial charge >= 0.3 is 0 Å². The van der Waals surface area contributed by atoms with E-state index in [9.17, 15) is 8.42 Å². The monoisotopic (exact) mass is 348 g/mol. The molecule has 106 valence electrons. The molecule has 0 atom stereocenters. The molecule has 0 radical (unpaired) electrons. The second kappa shape index (κ2) is 5.78. The van der Waals surface area contributed by atoms with E-state index >= 15 is 0 Å². The van der Waals surface area contributed by atoms with Crippen LogP contribution in [0, 0.1) is 0 Å². The maximum atomic E-state index is 12.5. The van der Waals surface area contributed by atoms with Crippen LogP contribution in [0.15, 0.2) is 27.6 Å². The Hall–Kier alpha value is -0.630. The van der Waals surface area contributed by atoms with Crippen molar-refractivity contribution in [3.8, 4) is 0 Å². The van der Waals surface area contributed by atoms with E-state index in [1.807, 2.05) is 0 Å². The predicted octanol–water partition coefficient (Wildman–Crippen LogP) is 1.83. The lowest BCUT2D eigenvalue weighted by molar-refractivity contribution is 0.0604. The van der Waals surface area contributed by atoms with Gasteiger partial charge in [0.05, 0.1) is 11.0 Å². The van der Waals surface area contributed by atoms with Crippen molar-refractivity contribution in [1.82, 2.24) is 4.31 Å². The third kappa shape index (κ3) is 3.10. The van der Waals surface area contributed by atoms with Gasteiger partial charge in [-0.2, -0.15) is 4.31 Å². The highest BCUT2D eigenvalue weighted by molar-refractivity contribution is 9.10. The summed E-state index contributed by atoms with van der Waals surface area (Å²) in [6.45, 7) is 0.968. The van der Waals surface area contributed by atoms with Crippen LogP contribution < -0.4 is 5.73 Å². The minimum atomic E-state index is -3.47. The van der Waals surface area contributed by atoms with Crippen LogP contribution in [0.5, 0.6) is 0 Å². The normalized spacial score (nSPS) is 18.6. The van der Waals surface area contributed by atoms with Gasteiger partial charge in [-0.15, -0.1) is 0 Å². The summed E-state index contributed by atoms with van der Waals surface area (Å²) in [6, 6.07) is 4.74. The fourth-order valence-corrected chi connectivity index (χ4v) is 4.70. The smallest absolute Gasteiger partial charge is 0.244 e. The van der Waals surface area contributed by atoms with E-state index < -0.39 is 10.0 Å². The van der Waals surface area contributed by atoms with E-state index in [1.54, 1.807) is 19.2 Å². The van der Waals surface area contributed by atoms with Gasteiger partial charge in [-0.3, -0.25) is 0 Å². The number of ether oxygens (including phenoxy) is 1. The molecule has 1 aliphatic rings. The van der Waals surface area contributed by atoms with Crippen LogP contribution in [0.25, 0.3) is 0 Å². The molecular formula is C12H17BrN2O3S. The summed E-state index contributed by atoms with van der Waals surface area (Å²) in [6.07, 6.45) is 1.60. The van der Waals surface area contributed by atoms with Gasteiger partial charge in [-0.1, -0.05) is 0 Å². The van der Waals surface area contributed by atoms with E-state index in [1.165, 1.54) is 10.4 Å². The molecule has 0 saturated carbocycles. The van der Waals surface area contributed by atoms with Crippen LogP contribution in [0.3, 0.4) is 0 Å². The first-order valence-electron chi connectivity index (χ1n) is 6.03. The highest BCUT2D eigenvalue weighted by Gasteiger charge is 2.30. The second-order valence-electron chi connectivity index (χ2n) is 4.53. The van der Waals surface area contributed by atoms with Crippen molar-refractivity contribution < 1.29 is 13.2 Å². The van der Waals surface area contributed by atoms with Crippen molar-refractivity contribution in [2.45, 2.75) is 23.8 Å². The summed E-state index contributed by atoms with van der Waals surface area (Å²) < 4.78 is 32.3. The molecule has 1 saturated heterocycles. The van der Waals surface area contributed by atoms with Gasteiger partial charge < -0.3 is 10.5 Å². The lowest BCUT2D eigenvalue weighted by Crippen LogP contribution is -2.40. The van der Waals surface area contributed by atoms with Gasteiger partial charge in [-0.25, -0.2) is 8.42 Å². The number of nitrogen functional groups attached to an aromatic ring is 1. The Morgan fingerprint density at radius 1 is 1.37 bits per heavy atom. The lowest BCUT2D eigenvalue weighted by Gasteiger charge is -2.30. The molecular weight excluding hydrogens is 332 g/mol. The fraction of sp³-hybridized carbons (Fsp3) is 0.500. The first-order chi connectivity index (χ1) is 8.95. The highest BCUT2D eigenvalue weighted by Crippen LogP contribution is 2.28. The maximum Gasteiger partial charge on any atom is 0.244 e. The van der Waals surface area contributed by atoms with Gasteiger partial charge in [0.25, 0.3) is 0 Å². The van der Waals surface area contributed by atoms with Gasteiger partial charge in [0.1, 0.15) is 0 Å². The maximum absolute atomic E-state index is 12.5. The minimum Gasteiger partial charge on any atom is -0.399 e. The summed E-state index contributed by atoms with van der Waals surface area (Å²) in [5.74, 6) is 0. The molecule has 1 fully saturated rings. The van der Waals surface area contributed by atoms with Crippen LogP contribution in [0.4, 0.5) is 5.69 Å². The number of nitrogens with zero attached hydrogens (tertiary/aromatic N) is 1. The third-order valence-electron chi connectivity index (χ3n) is 3.31. The summed E-state index contributed by atoms with van der Waals surface area (Å²) in [5.41, 5.74) is 6.16. The highest BCUT2D eigenvalue weighted by atomic mass is 79.9. The summed E-state index contributed by atoms with van der Waals surface area (Å²) in [4.78, 5) is 0.262. The second-order valence-corrected chi connectivity index (χ2v) is 7.29. The molecule has 0 aromatic heterocycles. The van der Waals surface area contributed by atoms with Crippen molar-refractivity contribution in [3.05, 3.63) is 22.7 Å². The van der Waals surface area contributed by atoms with E-state index in [-0.39, 0.29) is 11.0 Å². The Kier molecular flexibility index (Phi) is 4.50. The van der Waals surface area contributed by atoms with Crippen molar-refractivity contribution >= 4 is 31.6 Å². The Morgan fingerprint density at radius 2 is 2.00 bits per heavy atom. The van der Waals surface area contributed by atoms with Crippen LogP contribution >= 0.6 is 15.9 Å². The van der Waals surface area contributed by atoms with Crippen LogP contribution in [-0.4, -0.2) is 39.0 Å². The van der Waals surface area contributed by atoms with E-state index in [2.05, 4.69) is 15.9 Å². The molecule has 1 aliphatic heterocycles. The van der Waals surface area contributed by atoms with Crippen molar-refractivity contribution in [2.75, 3.05) is 25.9 Å². The molecule has 5 nitrogen and oxygen atoms in total. The molecule has 0 aliphatic carbocycles. The largest absolute Gasteiger partial charge is 0.399 e. The number of halogens is 1. The number of hydrogen-bond donors (Lipinski definition) is 1. The van der Waals surface area contributed by atoms with E-state index in [0.29, 0.717) is 23.2 Å².